The average molecular weight is 276 g/mol. The minimum atomic E-state index is -3.24. The van der Waals surface area contributed by atoms with Crippen LogP contribution in [0.25, 0.3) is 0 Å². The van der Waals surface area contributed by atoms with Crippen molar-refractivity contribution in [1.29, 1.82) is 0 Å². The lowest BCUT2D eigenvalue weighted by Crippen LogP contribution is -2.44. The molecule has 0 aromatic rings. The van der Waals surface area contributed by atoms with Gasteiger partial charge in [0.1, 0.15) is 0 Å². The number of carbonyl (C=O) groups is 1. The van der Waals surface area contributed by atoms with Crippen molar-refractivity contribution in [2.75, 3.05) is 31.9 Å². The van der Waals surface area contributed by atoms with Gasteiger partial charge in [-0.2, -0.15) is 0 Å². The largest absolute Gasteiger partial charge is 0.480 e. The van der Waals surface area contributed by atoms with Crippen molar-refractivity contribution in [1.82, 2.24) is 9.62 Å². The van der Waals surface area contributed by atoms with E-state index in [1.165, 1.54) is 10.4 Å². The molecule has 1 atom stereocenters. The Morgan fingerprint density at radius 2 is 2.28 bits per heavy atom. The maximum Gasteiger partial charge on any atom is 0.317 e. The first-order chi connectivity index (χ1) is 8.45. The third-order valence-corrected chi connectivity index (χ3v) is 4.69. The lowest BCUT2D eigenvalue weighted by molar-refractivity contribution is -0.136. The van der Waals surface area contributed by atoms with E-state index in [-0.39, 0.29) is 18.2 Å². The number of aliphatic carboxylic acids is 1. The van der Waals surface area contributed by atoms with E-state index in [1.807, 2.05) is 0 Å². The van der Waals surface area contributed by atoms with Gasteiger partial charge in [0.05, 0.1) is 12.3 Å². The molecular weight excluding hydrogens is 256 g/mol. The summed E-state index contributed by atoms with van der Waals surface area (Å²) in [6.45, 7) is 4.90. The number of carboxylic acid groups (broad SMARTS) is 1. The lowest BCUT2D eigenvalue weighted by Gasteiger charge is -2.31. The van der Waals surface area contributed by atoms with Crippen LogP contribution in [0.5, 0.6) is 0 Å². The fraction of sp³-hybridized carbons (Fsp3) is 0.727. The summed E-state index contributed by atoms with van der Waals surface area (Å²) in [7, 11) is -3.24. The molecule has 0 aromatic heterocycles. The van der Waals surface area contributed by atoms with Crippen LogP contribution >= 0.6 is 0 Å². The molecule has 1 fully saturated rings. The highest BCUT2D eigenvalue weighted by Crippen LogP contribution is 2.18. The second kappa shape index (κ2) is 6.86. The number of nitrogens with zero attached hydrogens (tertiary/aromatic N) is 1. The Morgan fingerprint density at radius 3 is 2.89 bits per heavy atom. The van der Waals surface area contributed by atoms with E-state index in [4.69, 9.17) is 5.11 Å². The van der Waals surface area contributed by atoms with Crippen LogP contribution in [-0.2, 0) is 14.8 Å². The number of hydrogen-bond acceptors (Lipinski definition) is 4. The smallest absolute Gasteiger partial charge is 0.317 e. The number of piperidine rings is 1. The van der Waals surface area contributed by atoms with Crippen molar-refractivity contribution in [2.24, 2.45) is 5.92 Å². The van der Waals surface area contributed by atoms with Gasteiger partial charge in [0.2, 0.25) is 10.0 Å². The van der Waals surface area contributed by atoms with E-state index in [1.54, 1.807) is 0 Å². The van der Waals surface area contributed by atoms with Crippen LogP contribution in [0.2, 0.25) is 0 Å². The molecule has 0 spiro atoms. The van der Waals surface area contributed by atoms with Crippen LogP contribution in [0.15, 0.2) is 12.7 Å². The molecule has 104 valence electrons. The number of hydrogen-bond donors (Lipinski definition) is 2. The standard InChI is InChI=1S/C11H20N2O4S/c1-2-6-18(16,17)13-5-3-4-10(9-13)7-12-8-11(14)15/h2,10,12H,1,3-9H2,(H,14,15). The van der Waals surface area contributed by atoms with Gasteiger partial charge in [0.25, 0.3) is 0 Å². The van der Waals surface area contributed by atoms with Gasteiger partial charge in [-0.15, -0.1) is 6.58 Å². The third kappa shape index (κ3) is 4.75. The highest BCUT2D eigenvalue weighted by molar-refractivity contribution is 7.89. The topological polar surface area (TPSA) is 86.7 Å². The van der Waals surface area contributed by atoms with Gasteiger partial charge in [-0.05, 0) is 25.3 Å². The monoisotopic (exact) mass is 276 g/mol. The highest BCUT2D eigenvalue weighted by Gasteiger charge is 2.27. The minimum absolute atomic E-state index is 0.0394. The van der Waals surface area contributed by atoms with Gasteiger partial charge in [0, 0.05) is 13.1 Å². The molecule has 0 bridgehead atoms. The number of nitrogens with one attached hydrogen (secondary N) is 1. The normalized spacial score (nSPS) is 21.7. The summed E-state index contributed by atoms with van der Waals surface area (Å²) in [5.41, 5.74) is 0. The minimum Gasteiger partial charge on any atom is -0.480 e. The molecule has 2 N–H and O–H groups in total. The molecule has 18 heavy (non-hydrogen) atoms. The molecule has 6 nitrogen and oxygen atoms in total. The van der Waals surface area contributed by atoms with Crippen LogP contribution in [-0.4, -0.2) is 55.7 Å². The third-order valence-electron chi connectivity index (χ3n) is 2.91. The first-order valence-corrected chi connectivity index (χ1v) is 7.58. The summed E-state index contributed by atoms with van der Waals surface area (Å²) >= 11 is 0. The van der Waals surface area contributed by atoms with Gasteiger partial charge in [-0.3, -0.25) is 4.79 Å². The van der Waals surface area contributed by atoms with E-state index < -0.39 is 16.0 Å². The molecule has 1 aliphatic heterocycles. The Bertz CT molecular complexity index is 394. The molecule has 1 unspecified atom stereocenters. The molecule has 0 amide bonds. The lowest BCUT2D eigenvalue weighted by atomic mass is 10.00. The Hall–Kier alpha value is -0.920. The Balaban J connectivity index is 2.45. The van der Waals surface area contributed by atoms with Gasteiger partial charge in [-0.1, -0.05) is 6.08 Å². The second-order valence-electron chi connectivity index (χ2n) is 4.46. The maximum atomic E-state index is 11.9. The summed E-state index contributed by atoms with van der Waals surface area (Å²) in [6.07, 6.45) is 3.13. The van der Waals surface area contributed by atoms with Crippen molar-refractivity contribution in [3.63, 3.8) is 0 Å². The number of carboxylic acids is 1. The molecule has 1 heterocycles. The number of sulfonamides is 1. The van der Waals surface area contributed by atoms with Crippen molar-refractivity contribution in [2.45, 2.75) is 12.8 Å². The summed E-state index contributed by atoms with van der Waals surface area (Å²) < 4.78 is 25.2. The first kappa shape index (κ1) is 15.1. The van der Waals surface area contributed by atoms with Gasteiger partial charge < -0.3 is 10.4 Å². The van der Waals surface area contributed by atoms with E-state index in [2.05, 4.69) is 11.9 Å². The zero-order valence-corrected chi connectivity index (χ0v) is 11.2. The molecule has 0 saturated carbocycles. The molecule has 7 heteroatoms. The average Bonchev–Trinajstić information content (AvgIpc) is 2.29. The second-order valence-corrected chi connectivity index (χ2v) is 6.47. The predicted octanol–water partition coefficient (Wildman–Crippen LogP) is -0.112. The number of rotatable bonds is 7. The van der Waals surface area contributed by atoms with Crippen molar-refractivity contribution in [3.05, 3.63) is 12.7 Å². The maximum absolute atomic E-state index is 11.9. The van der Waals surface area contributed by atoms with E-state index in [0.29, 0.717) is 19.6 Å². The van der Waals surface area contributed by atoms with Crippen molar-refractivity contribution in [3.8, 4) is 0 Å². The summed E-state index contributed by atoms with van der Waals surface area (Å²) in [5, 5.41) is 11.3. The Morgan fingerprint density at radius 1 is 1.56 bits per heavy atom. The summed E-state index contributed by atoms with van der Waals surface area (Å²) in [6, 6.07) is 0. The van der Waals surface area contributed by atoms with Gasteiger partial charge in [0.15, 0.2) is 0 Å². The zero-order chi connectivity index (χ0) is 13.6. The fourth-order valence-corrected chi connectivity index (χ4v) is 3.44. The van der Waals surface area contributed by atoms with Crippen LogP contribution in [0.1, 0.15) is 12.8 Å². The van der Waals surface area contributed by atoms with Crippen LogP contribution < -0.4 is 5.32 Å². The predicted molar refractivity (Wildman–Crippen MR) is 68.8 cm³/mol. The Kier molecular flexibility index (Phi) is 5.77. The van der Waals surface area contributed by atoms with Crippen LogP contribution in [0.3, 0.4) is 0 Å². The fourth-order valence-electron chi connectivity index (χ4n) is 2.08. The van der Waals surface area contributed by atoms with Crippen LogP contribution in [0, 0.1) is 5.92 Å². The molecular formula is C11H20N2O4S. The van der Waals surface area contributed by atoms with E-state index in [9.17, 15) is 13.2 Å². The van der Waals surface area contributed by atoms with Gasteiger partial charge in [-0.25, -0.2) is 12.7 Å². The highest BCUT2D eigenvalue weighted by atomic mass is 32.2. The molecule has 0 radical (unpaired) electrons. The van der Waals surface area contributed by atoms with E-state index >= 15 is 0 Å². The zero-order valence-electron chi connectivity index (χ0n) is 10.3. The van der Waals surface area contributed by atoms with Crippen molar-refractivity contribution < 1.29 is 18.3 Å². The summed E-state index contributed by atoms with van der Waals surface area (Å²) in [5.74, 6) is -0.762. The molecule has 1 saturated heterocycles. The first-order valence-electron chi connectivity index (χ1n) is 5.97. The SMILES string of the molecule is C=CCS(=O)(=O)N1CCCC(CNCC(=O)O)C1. The molecule has 1 rings (SSSR count). The van der Waals surface area contributed by atoms with E-state index in [0.717, 1.165) is 12.8 Å². The summed E-state index contributed by atoms with van der Waals surface area (Å²) in [4.78, 5) is 10.4. The molecule has 0 aromatic carbocycles. The molecule has 0 aliphatic carbocycles. The quantitative estimate of drug-likeness (QED) is 0.634. The van der Waals surface area contributed by atoms with Crippen LogP contribution in [0.4, 0.5) is 0 Å². The van der Waals surface area contributed by atoms with Gasteiger partial charge >= 0.3 is 5.97 Å². The van der Waals surface area contributed by atoms with Crippen molar-refractivity contribution >= 4 is 16.0 Å². The molecule has 1 aliphatic rings. The Labute approximate surface area is 108 Å².